The van der Waals surface area contributed by atoms with Gasteiger partial charge in [0.25, 0.3) is 0 Å². The molecule has 2 unspecified atom stereocenters. The molecule has 106 valence electrons. The molecule has 0 spiro atoms. The van der Waals surface area contributed by atoms with Gasteiger partial charge in [0.2, 0.25) is 0 Å². The van der Waals surface area contributed by atoms with Gasteiger partial charge in [-0.15, -0.1) is 0 Å². The van der Waals surface area contributed by atoms with Gasteiger partial charge in [-0.05, 0) is 38.1 Å². The van der Waals surface area contributed by atoms with Gasteiger partial charge in [-0.3, -0.25) is 4.90 Å². The first-order chi connectivity index (χ1) is 9.06. The number of nitrogens with two attached hydrogens (primary N) is 1. The van der Waals surface area contributed by atoms with E-state index in [9.17, 15) is 0 Å². The van der Waals surface area contributed by atoms with Gasteiger partial charge in [-0.25, -0.2) is 0 Å². The smallest absolute Gasteiger partial charge is 0.0307 e. The van der Waals surface area contributed by atoms with Gasteiger partial charge in [0.05, 0.1) is 0 Å². The number of piperazine rings is 1. The Hall–Kier alpha value is -0.420. The number of hydrogen-bond acceptors (Lipinski definition) is 3. The molecule has 19 heavy (non-hydrogen) atoms. The van der Waals surface area contributed by atoms with Gasteiger partial charge in [0.1, 0.15) is 0 Å². The van der Waals surface area contributed by atoms with Crippen LogP contribution in [-0.2, 0) is 0 Å². The molecule has 1 aromatic rings. The number of nitrogens with zero attached hydrogens (tertiary/aromatic N) is 2. The van der Waals surface area contributed by atoms with Crippen molar-refractivity contribution in [2.45, 2.75) is 25.4 Å². The summed E-state index contributed by atoms with van der Waals surface area (Å²) in [5, 5.41) is 0. The van der Waals surface area contributed by atoms with Crippen LogP contribution >= 0.6 is 15.9 Å². The summed E-state index contributed by atoms with van der Waals surface area (Å²) in [6.45, 7) is 6.88. The monoisotopic (exact) mass is 325 g/mol. The zero-order chi connectivity index (χ0) is 13.8. The fourth-order valence-electron chi connectivity index (χ4n) is 2.69. The predicted octanol–water partition coefficient (Wildman–Crippen LogP) is 2.47. The first-order valence-electron chi connectivity index (χ1n) is 7.00. The van der Waals surface area contributed by atoms with Crippen molar-refractivity contribution in [1.29, 1.82) is 0 Å². The Labute approximate surface area is 124 Å². The molecule has 2 rings (SSSR count). The van der Waals surface area contributed by atoms with Crippen LogP contribution < -0.4 is 5.73 Å². The second-order valence-electron chi connectivity index (χ2n) is 5.59. The maximum Gasteiger partial charge on any atom is 0.0307 e. The average Bonchev–Trinajstić information content (AvgIpc) is 2.38. The van der Waals surface area contributed by atoms with Crippen LogP contribution in [-0.4, -0.2) is 49.1 Å². The molecule has 4 heteroatoms. The zero-order valence-electron chi connectivity index (χ0n) is 11.8. The fraction of sp³-hybridized carbons (Fsp3) is 0.600. The van der Waals surface area contributed by atoms with E-state index in [2.05, 4.69) is 64.0 Å². The molecule has 1 saturated heterocycles. The van der Waals surface area contributed by atoms with Crippen LogP contribution in [0.25, 0.3) is 0 Å². The molecule has 1 aromatic carbocycles. The highest BCUT2D eigenvalue weighted by Gasteiger charge is 2.21. The van der Waals surface area contributed by atoms with E-state index in [1.807, 2.05) is 0 Å². The van der Waals surface area contributed by atoms with Crippen molar-refractivity contribution in [3.05, 3.63) is 34.3 Å². The molecule has 1 aliphatic heterocycles. The Morgan fingerprint density at radius 2 is 2.00 bits per heavy atom. The number of likely N-dealkylation sites (N-methyl/N-ethyl adjacent to an activating group) is 1. The summed E-state index contributed by atoms with van der Waals surface area (Å²) in [6.07, 6.45) is 1.02. The van der Waals surface area contributed by atoms with Gasteiger partial charge < -0.3 is 10.6 Å². The van der Waals surface area contributed by atoms with Crippen molar-refractivity contribution in [2.24, 2.45) is 5.73 Å². The van der Waals surface area contributed by atoms with Crippen LogP contribution in [0.3, 0.4) is 0 Å². The Kier molecular flexibility index (Phi) is 5.39. The van der Waals surface area contributed by atoms with Crippen LogP contribution in [0, 0.1) is 0 Å². The van der Waals surface area contributed by atoms with E-state index in [4.69, 9.17) is 5.73 Å². The molecular formula is C15H24BrN3. The molecule has 1 fully saturated rings. The summed E-state index contributed by atoms with van der Waals surface area (Å²) >= 11 is 3.46. The Morgan fingerprint density at radius 1 is 1.32 bits per heavy atom. The largest absolute Gasteiger partial charge is 0.324 e. The maximum atomic E-state index is 6.28. The van der Waals surface area contributed by atoms with Gasteiger partial charge in [0, 0.05) is 42.7 Å². The van der Waals surface area contributed by atoms with Crippen LogP contribution in [0.5, 0.6) is 0 Å². The predicted molar refractivity (Wildman–Crippen MR) is 84.2 cm³/mol. The van der Waals surface area contributed by atoms with Crippen LogP contribution in [0.1, 0.15) is 24.9 Å². The van der Waals surface area contributed by atoms with Gasteiger partial charge in [0.15, 0.2) is 0 Å². The fourth-order valence-corrected chi connectivity index (χ4v) is 2.96. The summed E-state index contributed by atoms with van der Waals surface area (Å²) in [6, 6.07) is 9.13. The van der Waals surface area contributed by atoms with E-state index in [0.29, 0.717) is 6.04 Å². The second-order valence-corrected chi connectivity index (χ2v) is 6.51. The minimum absolute atomic E-state index is 0.139. The Balaban J connectivity index is 1.83. The molecule has 1 aliphatic rings. The van der Waals surface area contributed by atoms with E-state index in [-0.39, 0.29) is 6.04 Å². The minimum Gasteiger partial charge on any atom is -0.324 e. The molecule has 0 aliphatic carbocycles. The molecule has 0 bridgehead atoms. The van der Waals surface area contributed by atoms with E-state index in [1.54, 1.807) is 0 Å². The average molecular weight is 326 g/mol. The third-order valence-electron chi connectivity index (χ3n) is 3.99. The third kappa shape index (κ3) is 4.28. The topological polar surface area (TPSA) is 32.5 Å². The summed E-state index contributed by atoms with van der Waals surface area (Å²) in [5.74, 6) is 0. The molecule has 2 atom stereocenters. The molecule has 0 amide bonds. The first-order valence-corrected chi connectivity index (χ1v) is 7.79. The van der Waals surface area contributed by atoms with Crippen molar-refractivity contribution in [3.8, 4) is 0 Å². The summed E-state index contributed by atoms with van der Waals surface area (Å²) in [5.41, 5.74) is 7.51. The highest BCUT2D eigenvalue weighted by atomic mass is 79.9. The van der Waals surface area contributed by atoms with Crippen LogP contribution in [0.2, 0.25) is 0 Å². The molecule has 2 N–H and O–H groups in total. The third-order valence-corrected chi connectivity index (χ3v) is 4.52. The second kappa shape index (κ2) is 6.84. The lowest BCUT2D eigenvalue weighted by atomic mass is 10.0. The quantitative estimate of drug-likeness (QED) is 0.923. The lowest BCUT2D eigenvalue weighted by molar-refractivity contribution is 0.0973. The van der Waals surface area contributed by atoms with Crippen molar-refractivity contribution >= 4 is 15.9 Å². The number of rotatable bonds is 4. The molecule has 3 nitrogen and oxygen atoms in total. The number of halogens is 1. The highest BCUT2D eigenvalue weighted by Crippen LogP contribution is 2.19. The molecular weight excluding hydrogens is 302 g/mol. The highest BCUT2D eigenvalue weighted by molar-refractivity contribution is 9.10. The summed E-state index contributed by atoms with van der Waals surface area (Å²) < 4.78 is 1.11. The van der Waals surface area contributed by atoms with E-state index >= 15 is 0 Å². The lowest BCUT2D eigenvalue weighted by Crippen LogP contribution is -2.50. The minimum atomic E-state index is 0.139. The molecule has 0 radical (unpaired) electrons. The van der Waals surface area contributed by atoms with E-state index in [0.717, 1.165) is 37.1 Å². The van der Waals surface area contributed by atoms with Gasteiger partial charge in [-0.1, -0.05) is 28.1 Å². The summed E-state index contributed by atoms with van der Waals surface area (Å²) in [7, 11) is 2.20. The van der Waals surface area contributed by atoms with Crippen molar-refractivity contribution < 1.29 is 0 Å². The SMILES string of the molecule is CC1CN(C)CCN1CCC(N)c1ccc(Br)cc1. The van der Waals surface area contributed by atoms with Crippen molar-refractivity contribution in [2.75, 3.05) is 33.2 Å². The van der Waals surface area contributed by atoms with Crippen molar-refractivity contribution in [3.63, 3.8) is 0 Å². The molecule has 0 saturated carbocycles. The first kappa shape index (κ1) is 15.0. The van der Waals surface area contributed by atoms with Gasteiger partial charge >= 0.3 is 0 Å². The van der Waals surface area contributed by atoms with Crippen molar-refractivity contribution in [1.82, 2.24) is 9.80 Å². The molecule has 1 heterocycles. The summed E-state index contributed by atoms with van der Waals surface area (Å²) in [4.78, 5) is 4.95. The number of benzene rings is 1. The number of hydrogen-bond donors (Lipinski definition) is 1. The maximum absolute atomic E-state index is 6.28. The molecule has 0 aromatic heterocycles. The van der Waals surface area contributed by atoms with E-state index < -0.39 is 0 Å². The normalized spacial score (nSPS) is 23.5. The van der Waals surface area contributed by atoms with E-state index in [1.165, 1.54) is 5.56 Å². The van der Waals surface area contributed by atoms with Crippen LogP contribution in [0.4, 0.5) is 0 Å². The Bertz CT molecular complexity index is 393. The van der Waals surface area contributed by atoms with Gasteiger partial charge in [-0.2, -0.15) is 0 Å². The van der Waals surface area contributed by atoms with Crippen LogP contribution in [0.15, 0.2) is 28.7 Å². The standard InChI is InChI=1S/C15H24BrN3/c1-12-11-18(2)9-10-19(12)8-7-15(17)13-3-5-14(16)6-4-13/h3-6,12,15H,7-11,17H2,1-2H3. The lowest BCUT2D eigenvalue weighted by Gasteiger charge is -2.38. The Morgan fingerprint density at radius 3 is 2.63 bits per heavy atom. The zero-order valence-corrected chi connectivity index (χ0v) is 13.4.